The Morgan fingerprint density at radius 1 is 1.14 bits per heavy atom. The van der Waals surface area contributed by atoms with Gasteiger partial charge in [-0.2, -0.15) is 5.10 Å². The van der Waals surface area contributed by atoms with Crippen LogP contribution in [-0.4, -0.2) is 16.1 Å². The number of rotatable bonds is 2. The molecule has 21 heavy (non-hydrogen) atoms. The number of nitrogens with zero attached hydrogens (tertiary/aromatic N) is 1. The normalized spacial score (nSPS) is 15.2. The summed E-state index contributed by atoms with van der Waals surface area (Å²) in [6.07, 6.45) is 3.63. The summed E-state index contributed by atoms with van der Waals surface area (Å²) in [6, 6.07) is 11.9. The van der Waals surface area contributed by atoms with Gasteiger partial charge < -0.3 is 5.32 Å². The zero-order chi connectivity index (χ0) is 14.2. The number of carbonyl (C=O) groups excluding carboxylic acids is 1. The molecule has 0 spiro atoms. The van der Waals surface area contributed by atoms with Gasteiger partial charge in [-0.05, 0) is 17.5 Å². The van der Waals surface area contributed by atoms with Crippen molar-refractivity contribution in [3.8, 4) is 11.3 Å². The molecule has 0 saturated heterocycles. The van der Waals surface area contributed by atoms with Crippen molar-refractivity contribution in [2.75, 3.05) is 5.32 Å². The van der Waals surface area contributed by atoms with Crippen LogP contribution in [0.4, 0.5) is 5.00 Å². The lowest BCUT2D eigenvalue weighted by molar-refractivity contribution is -0.110. The molecule has 0 aliphatic carbocycles. The summed E-state index contributed by atoms with van der Waals surface area (Å²) in [4.78, 5) is 12.1. The van der Waals surface area contributed by atoms with E-state index in [0.717, 1.165) is 27.4 Å². The number of hydrogen-bond donors (Lipinski definition) is 2. The van der Waals surface area contributed by atoms with Crippen molar-refractivity contribution in [3.63, 3.8) is 0 Å². The van der Waals surface area contributed by atoms with E-state index in [4.69, 9.17) is 0 Å². The maximum absolute atomic E-state index is 12.1. The van der Waals surface area contributed by atoms with Gasteiger partial charge in [0.1, 0.15) is 5.00 Å². The molecule has 4 nitrogen and oxygen atoms in total. The van der Waals surface area contributed by atoms with E-state index in [1.807, 2.05) is 47.9 Å². The number of aromatic nitrogens is 2. The van der Waals surface area contributed by atoms with Crippen molar-refractivity contribution in [3.05, 3.63) is 59.1 Å². The zero-order valence-corrected chi connectivity index (χ0v) is 11.8. The molecule has 0 saturated carbocycles. The molecule has 4 rings (SSSR count). The molecule has 0 radical (unpaired) electrons. The molecule has 0 unspecified atom stereocenters. The predicted molar refractivity (Wildman–Crippen MR) is 84.8 cm³/mol. The third-order valence-corrected chi connectivity index (χ3v) is 4.29. The summed E-state index contributed by atoms with van der Waals surface area (Å²) in [7, 11) is 0. The number of H-pyrrole nitrogens is 1. The number of fused-ring (bicyclic) bond motifs is 1. The van der Waals surface area contributed by atoms with Crippen LogP contribution in [0.3, 0.4) is 0 Å². The molecule has 102 valence electrons. The van der Waals surface area contributed by atoms with Gasteiger partial charge in [-0.15, -0.1) is 11.3 Å². The van der Waals surface area contributed by atoms with E-state index < -0.39 is 0 Å². The fourth-order valence-corrected chi connectivity index (χ4v) is 3.25. The van der Waals surface area contributed by atoms with Crippen molar-refractivity contribution in [2.45, 2.75) is 0 Å². The first kappa shape index (κ1) is 12.1. The monoisotopic (exact) mass is 293 g/mol. The highest BCUT2D eigenvalue weighted by molar-refractivity contribution is 7.15. The van der Waals surface area contributed by atoms with Crippen LogP contribution in [0.25, 0.3) is 22.9 Å². The summed E-state index contributed by atoms with van der Waals surface area (Å²) in [5, 5.41) is 12.9. The Labute approximate surface area is 125 Å². The Morgan fingerprint density at radius 3 is 2.86 bits per heavy atom. The van der Waals surface area contributed by atoms with Gasteiger partial charge in [0.2, 0.25) is 0 Å². The molecule has 3 heterocycles. The lowest BCUT2D eigenvalue weighted by atomic mass is 10.0. The van der Waals surface area contributed by atoms with Gasteiger partial charge in [0, 0.05) is 16.7 Å². The number of benzene rings is 1. The van der Waals surface area contributed by atoms with Gasteiger partial charge in [-0.3, -0.25) is 9.89 Å². The highest BCUT2D eigenvalue weighted by Gasteiger charge is 2.25. The second-order valence-electron chi connectivity index (χ2n) is 4.74. The van der Waals surface area contributed by atoms with Crippen LogP contribution >= 0.6 is 11.3 Å². The molecule has 1 amide bonds. The molecule has 1 aromatic carbocycles. The second-order valence-corrected chi connectivity index (χ2v) is 5.66. The smallest absolute Gasteiger partial charge is 0.257 e. The van der Waals surface area contributed by atoms with Crippen molar-refractivity contribution < 1.29 is 4.79 Å². The molecule has 1 aliphatic heterocycles. The van der Waals surface area contributed by atoms with Crippen LogP contribution in [-0.2, 0) is 4.79 Å². The molecule has 0 bridgehead atoms. The van der Waals surface area contributed by atoms with Crippen LogP contribution in [0.1, 0.15) is 11.1 Å². The Morgan fingerprint density at radius 2 is 2.00 bits per heavy atom. The van der Waals surface area contributed by atoms with Crippen LogP contribution in [0.2, 0.25) is 0 Å². The Balaban J connectivity index is 1.82. The number of aromatic amines is 1. The van der Waals surface area contributed by atoms with Crippen LogP contribution in [0.5, 0.6) is 0 Å². The van der Waals surface area contributed by atoms with Gasteiger partial charge in [0.15, 0.2) is 0 Å². The summed E-state index contributed by atoms with van der Waals surface area (Å²) in [5.41, 5.74) is 4.52. The highest BCUT2D eigenvalue weighted by atomic mass is 32.1. The van der Waals surface area contributed by atoms with Crippen molar-refractivity contribution in [2.24, 2.45) is 0 Å². The Kier molecular flexibility index (Phi) is 2.72. The standard InChI is InChI=1S/C16H11N3OS/c20-15-13(12-6-7-21-16(12)18-15)8-11-9-17-19-14(11)10-4-2-1-3-5-10/h1-9H,(H,17,19)(H,18,20)/b13-8-. The molecule has 1 aliphatic rings. The lowest BCUT2D eigenvalue weighted by Crippen LogP contribution is -2.03. The van der Waals surface area contributed by atoms with E-state index >= 15 is 0 Å². The molecule has 0 fully saturated rings. The van der Waals surface area contributed by atoms with Gasteiger partial charge in [-0.1, -0.05) is 30.3 Å². The average molecular weight is 293 g/mol. The first-order valence-corrected chi connectivity index (χ1v) is 7.40. The fraction of sp³-hybridized carbons (Fsp3) is 0. The van der Waals surface area contributed by atoms with E-state index in [1.54, 1.807) is 6.20 Å². The highest BCUT2D eigenvalue weighted by Crippen LogP contribution is 2.38. The first-order chi connectivity index (χ1) is 10.3. The fourth-order valence-electron chi connectivity index (χ4n) is 2.45. The minimum atomic E-state index is -0.0583. The predicted octanol–water partition coefficient (Wildman–Crippen LogP) is 3.63. The number of hydrogen-bond acceptors (Lipinski definition) is 3. The van der Waals surface area contributed by atoms with Crippen molar-refractivity contribution >= 4 is 33.9 Å². The molecular weight excluding hydrogens is 282 g/mol. The topological polar surface area (TPSA) is 57.8 Å². The molecule has 3 aromatic rings. The maximum Gasteiger partial charge on any atom is 0.257 e. The number of carbonyl (C=O) groups is 1. The van der Waals surface area contributed by atoms with Crippen LogP contribution in [0.15, 0.2) is 48.0 Å². The van der Waals surface area contributed by atoms with E-state index in [9.17, 15) is 4.79 Å². The summed E-state index contributed by atoms with van der Waals surface area (Å²) < 4.78 is 0. The number of amides is 1. The van der Waals surface area contributed by atoms with Crippen molar-refractivity contribution in [1.82, 2.24) is 10.2 Å². The Hall–Kier alpha value is -2.66. The van der Waals surface area contributed by atoms with Gasteiger partial charge >= 0.3 is 0 Å². The summed E-state index contributed by atoms with van der Waals surface area (Å²) in [5.74, 6) is -0.0583. The SMILES string of the molecule is O=C1Nc2sccc2/C1=C/c1cn[nH]c1-c1ccccc1. The zero-order valence-electron chi connectivity index (χ0n) is 11.0. The van der Waals surface area contributed by atoms with Crippen molar-refractivity contribution in [1.29, 1.82) is 0 Å². The van der Waals surface area contributed by atoms with Crippen LogP contribution in [0, 0.1) is 0 Å². The van der Waals surface area contributed by atoms with Gasteiger partial charge in [0.25, 0.3) is 5.91 Å². The minimum absolute atomic E-state index is 0.0583. The third kappa shape index (κ3) is 1.98. The number of anilines is 1. The maximum atomic E-state index is 12.1. The second kappa shape index (κ2) is 4.71. The first-order valence-electron chi connectivity index (χ1n) is 6.52. The molecular formula is C16H11N3OS. The molecule has 0 atom stereocenters. The molecule has 2 aromatic heterocycles. The van der Waals surface area contributed by atoms with Crippen LogP contribution < -0.4 is 5.32 Å². The lowest BCUT2D eigenvalue weighted by Gasteiger charge is -2.00. The van der Waals surface area contributed by atoms with E-state index in [-0.39, 0.29) is 5.91 Å². The quantitative estimate of drug-likeness (QED) is 0.709. The largest absolute Gasteiger partial charge is 0.313 e. The Bertz CT molecular complexity index is 845. The van der Waals surface area contributed by atoms with Gasteiger partial charge in [-0.25, -0.2) is 0 Å². The third-order valence-electron chi connectivity index (χ3n) is 3.46. The minimum Gasteiger partial charge on any atom is -0.313 e. The van der Waals surface area contributed by atoms with E-state index in [2.05, 4.69) is 15.5 Å². The summed E-state index contributed by atoms with van der Waals surface area (Å²) >= 11 is 1.54. The molecule has 2 N–H and O–H groups in total. The van der Waals surface area contributed by atoms with E-state index in [0.29, 0.717) is 5.57 Å². The molecule has 5 heteroatoms. The number of thiophene rings is 1. The van der Waals surface area contributed by atoms with E-state index in [1.165, 1.54) is 11.3 Å². The number of nitrogens with one attached hydrogen (secondary N) is 2. The summed E-state index contributed by atoms with van der Waals surface area (Å²) in [6.45, 7) is 0. The average Bonchev–Trinajstić information content (AvgIpc) is 3.19. The van der Waals surface area contributed by atoms with Gasteiger partial charge in [0.05, 0.1) is 17.5 Å².